The average Bonchev–Trinajstić information content (AvgIpc) is 2.54. The quantitative estimate of drug-likeness (QED) is 0.679. The molecule has 1 aliphatic rings. The van der Waals surface area contributed by atoms with Crippen LogP contribution in [0, 0.1) is 0 Å². The van der Waals surface area contributed by atoms with Gasteiger partial charge >= 0.3 is 0 Å². The summed E-state index contributed by atoms with van der Waals surface area (Å²) in [6.07, 6.45) is 2.74. The van der Waals surface area contributed by atoms with Gasteiger partial charge in [-0.15, -0.1) is 0 Å². The minimum Gasteiger partial charge on any atom is -0.490 e. The van der Waals surface area contributed by atoms with Crippen molar-refractivity contribution in [3.63, 3.8) is 0 Å². The lowest BCUT2D eigenvalue weighted by Gasteiger charge is -2.09. The van der Waals surface area contributed by atoms with Crippen molar-refractivity contribution in [2.45, 2.75) is 6.42 Å². The summed E-state index contributed by atoms with van der Waals surface area (Å²) in [7, 11) is 1.95. The normalized spacial score (nSPS) is 13.6. The zero-order valence-electron chi connectivity index (χ0n) is 9.10. The van der Waals surface area contributed by atoms with Gasteiger partial charge in [0.1, 0.15) is 5.75 Å². The third kappa shape index (κ3) is 1.19. The van der Waals surface area contributed by atoms with Gasteiger partial charge in [-0.25, -0.2) is 0 Å². The van der Waals surface area contributed by atoms with Gasteiger partial charge in [-0.3, -0.25) is 4.68 Å². The van der Waals surface area contributed by atoms with E-state index in [1.165, 1.54) is 5.69 Å². The Morgan fingerprint density at radius 3 is 3.12 bits per heavy atom. The Morgan fingerprint density at radius 1 is 1.38 bits per heavy atom. The molecule has 2 N–H and O–H groups in total. The smallest absolute Gasteiger partial charge is 0.150 e. The fraction of sp³-hybridized carbons (Fsp3) is 0.250. The van der Waals surface area contributed by atoms with E-state index in [0.29, 0.717) is 12.3 Å². The van der Waals surface area contributed by atoms with Crippen molar-refractivity contribution in [2.24, 2.45) is 7.05 Å². The fourth-order valence-corrected chi connectivity index (χ4v) is 2.16. The second-order valence-electron chi connectivity index (χ2n) is 3.95. The highest BCUT2D eigenvalue weighted by atomic mass is 16.5. The van der Waals surface area contributed by atoms with Crippen LogP contribution >= 0.6 is 0 Å². The number of hydrogen-bond acceptors (Lipinski definition) is 3. The fourth-order valence-electron chi connectivity index (χ4n) is 2.16. The molecule has 1 aromatic heterocycles. The first-order valence-corrected chi connectivity index (χ1v) is 5.30. The number of aromatic nitrogens is 2. The van der Waals surface area contributed by atoms with Crippen LogP contribution in [0.3, 0.4) is 0 Å². The molecule has 16 heavy (non-hydrogen) atoms. The number of ether oxygens (including phenoxy) is 1. The van der Waals surface area contributed by atoms with Crippen LogP contribution in [0.5, 0.6) is 5.75 Å². The van der Waals surface area contributed by atoms with E-state index in [0.717, 1.165) is 23.3 Å². The minimum atomic E-state index is 0.647. The van der Waals surface area contributed by atoms with Crippen LogP contribution in [0.1, 0.15) is 5.69 Å². The summed E-state index contributed by atoms with van der Waals surface area (Å²) in [6, 6.07) is 5.83. The zero-order chi connectivity index (χ0) is 11.1. The van der Waals surface area contributed by atoms with Crippen LogP contribution in [-0.2, 0) is 13.5 Å². The summed E-state index contributed by atoms with van der Waals surface area (Å²) >= 11 is 0. The first-order valence-electron chi connectivity index (χ1n) is 5.30. The monoisotopic (exact) mass is 215 g/mol. The Hall–Kier alpha value is -1.97. The SMILES string of the molecule is Cn1ncc2c1CCOc1c(N)cccc1-2. The van der Waals surface area contributed by atoms with Crippen molar-refractivity contribution >= 4 is 5.69 Å². The van der Waals surface area contributed by atoms with Crippen molar-refractivity contribution in [3.05, 3.63) is 30.1 Å². The molecule has 0 radical (unpaired) electrons. The van der Waals surface area contributed by atoms with Crippen LogP contribution in [0.4, 0.5) is 5.69 Å². The highest BCUT2D eigenvalue weighted by molar-refractivity contribution is 5.78. The maximum Gasteiger partial charge on any atom is 0.150 e. The van der Waals surface area contributed by atoms with Gasteiger partial charge in [0.2, 0.25) is 0 Å². The zero-order valence-corrected chi connectivity index (χ0v) is 9.10. The van der Waals surface area contributed by atoms with Gasteiger partial charge in [0.05, 0.1) is 18.5 Å². The van der Waals surface area contributed by atoms with E-state index in [1.807, 2.05) is 36.1 Å². The number of nitrogens with two attached hydrogens (primary N) is 1. The lowest BCUT2D eigenvalue weighted by molar-refractivity contribution is 0.325. The first kappa shape index (κ1) is 9.27. The molecule has 4 nitrogen and oxygen atoms in total. The molecule has 1 aromatic carbocycles. The Labute approximate surface area is 93.6 Å². The molecule has 0 unspecified atom stereocenters. The summed E-state index contributed by atoms with van der Waals surface area (Å²) in [6.45, 7) is 0.647. The number of fused-ring (bicyclic) bond motifs is 3. The lowest BCUT2D eigenvalue weighted by atomic mass is 10.0. The molecular formula is C12H13N3O. The molecule has 0 saturated carbocycles. The van der Waals surface area contributed by atoms with Gasteiger partial charge < -0.3 is 10.5 Å². The van der Waals surface area contributed by atoms with E-state index in [1.54, 1.807) is 0 Å². The summed E-state index contributed by atoms with van der Waals surface area (Å²) in [4.78, 5) is 0. The number of hydrogen-bond donors (Lipinski definition) is 1. The van der Waals surface area contributed by atoms with E-state index < -0.39 is 0 Å². The molecule has 1 aliphatic heterocycles. The summed E-state index contributed by atoms with van der Waals surface area (Å²) in [5.74, 6) is 0.786. The second-order valence-corrected chi connectivity index (χ2v) is 3.95. The van der Waals surface area contributed by atoms with Crippen LogP contribution in [0.25, 0.3) is 11.1 Å². The third-order valence-electron chi connectivity index (χ3n) is 2.98. The molecule has 0 bridgehead atoms. The van der Waals surface area contributed by atoms with Gasteiger partial charge in [-0.1, -0.05) is 12.1 Å². The van der Waals surface area contributed by atoms with Gasteiger partial charge in [0, 0.05) is 30.3 Å². The predicted molar refractivity (Wildman–Crippen MR) is 62.3 cm³/mol. The van der Waals surface area contributed by atoms with Crippen molar-refractivity contribution in [1.82, 2.24) is 9.78 Å². The summed E-state index contributed by atoms with van der Waals surface area (Å²) in [5, 5.41) is 4.29. The highest BCUT2D eigenvalue weighted by Crippen LogP contribution is 2.38. The molecule has 0 atom stereocenters. The first-order chi connectivity index (χ1) is 7.77. The Morgan fingerprint density at radius 2 is 2.25 bits per heavy atom. The number of rotatable bonds is 0. The van der Waals surface area contributed by atoms with Crippen LogP contribution in [0.15, 0.2) is 24.4 Å². The molecule has 0 saturated heterocycles. The van der Waals surface area contributed by atoms with E-state index >= 15 is 0 Å². The van der Waals surface area contributed by atoms with Gasteiger partial charge in [0.15, 0.2) is 0 Å². The van der Waals surface area contributed by atoms with E-state index in [-0.39, 0.29) is 0 Å². The number of aryl methyl sites for hydroxylation is 1. The number of para-hydroxylation sites is 1. The van der Waals surface area contributed by atoms with E-state index in [9.17, 15) is 0 Å². The Bertz CT molecular complexity index is 545. The molecule has 0 amide bonds. The molecular weight excluding hydrogens is 202 g/mol. The summed E-state index contributed by atoms with van der Waals surface area (Å²) < 4.78 is 7.61. The maximum atomic E-state index is 5.92. The standard InChI is InChI=1S/C12H13N3O/c1-15-11-5-6-16-12-8(9(11)7-14-15)3-2-4-10(12)13/h2-4,7H,5-6,13H2,1H3. The second kappa shape index (κ2) is 3.27. The van der Waals surface area contributed by atoms with Crippen molar-refractivity contribution < 1.29 is 4.74 Å². The van der Waals surface area contributed by atoms with Crippen molar-refractivity contribution in [1.29, 1.82) is 0 Å². The molecule has 2 aromatic rings. The molecule has 82 valence electrons. The largest absolute Gasteiger partial charge is 0.490 e. The van der Waals surface area contributed by atoms with E-state index in [4.69, 9.17) is 10.5 Å². The predicted octanol–water partition coefficient (Wildman–Crippen LogP) is 1.60. The van der Waals surface area contributed by atoms with Crippen molar-refractivity contribution in [3.8, 4) is 16.9 Å². The topological polar surface area (TPSA) is 53.1 Å². The van der Waals surface area contributed by atoms with Gasteiger partial charge in [-0.2, -0.15) is 5.10 Å². The third-order valence-corrected chi connectivity index (χ3v) is 2.98. The maximum absolute atomic E-state index is 5.92. The van der Waals surface area contributed by atoms with E-state index in [2.05, 4.69) is 5.10 Å². The molecule has 4 heteroatoms. The lowest BCUT2D eigenvalue weighted by Crippen LogP contribution is -2.05. The summed E-state index contributed by atoms with van der Waals surface area (Å²) in [5.41, 5.74) is 9.98. The van der Waals surface area contributed by atoms with Gasteiger partial charge in [-0.05, 0) is 6.07 Å². The van der Waals surface area contributed by atoms with Crippen LogP contribution < -0.4 is 10.5 Å². The Balaban J connectivity index is 2.30. The molecule has 0 spiro atoms. The molecule has 0 fully saturated rings. The van der Waals surface area contributed by atoms with Crippen LogP contribution in [0.2, 0.25) is 0 Å². The average molecular weight is 215 g/mol. The number of nitrogen functional groups attached to an aromatic ring is 1. The molecule has 2 heterocycles. The number of anilines is 1. The van der Waals surface area contributed by atoms with Crippen molar-refractivity contribution in [2.75, 3.05) is 12.3 Å². The van der Waals surface area contributed by atoms with Crippen LogP contribution in [-0.4, -0.2) is 16.4 Å². The highest BCUT2D eigenvalue weighted by Gasteiger charge is 2.19. The Kier molecular flexibility index (Phi) is 1.89. The molecule has 0 aliphatic carbocycles. The number of nitrogens with zero attached hydrogens (tertiary/aromatic N) is 2. The van der Waals surface area contributed by atoms with Gasteiger partial charge in [0.25, 0.3) is 0 Å². The minimum absolute atomic E-state index is 0.647. The molecule has 3 rings (SSSR count). The number of benzene rings is 1.